The average molecular weight is 570 g/mol. The molecule has 0 radical (unpaired) electrons. The van der Waals surface area contributed by atoms with Gasteiger partial charge in [-0.25, -0.2) is 21.1 Å². The zero-order valence-corrected chi connectivity index (χ0v) is 23.9. The van der Waals surface area contributed by atoms with Crippen molar-refractivity contribution < 1.29 is 21.6 Å². The van der Waals surface area contributed by atoms with Crippen molar-refractivity contribution in [3.63, 3.8) is 0 Å². The van der Waals surface area contributed by atoms with E-state index in [1.807, 2.05) is 56.3 Å². The van der Waals surface area contributed by atoms with Crippen LogP contribution in [0.15, 0.2) is 77.7 Å². The number of nitrogens with one attached hydrogen (secondary N) is 2. The predicted molar refractivity (Wildman–Crippen MR) is 155 cm³/mol. The summed E-state index contributed by atoms with van der Waals surface area (Å²) in [6, 6.07) is 21.3. The number of nitrogens with zero attached hydrogens (tertiary/aromatic N) is 1. The SMILES string of the molecule is Cc1ccc(C)c(NS(=O)(=O)c2ccc(NC(=O)[C@@H]3CCCN(S(=O)(=O)CCCc4ccccc4)C3)cc2)c1. The third kappa shape index (κ3) is 7.68. The van der Waals surface area contributed by atoms with E-state index in [1.54, 1.807) is 6.07 Å². The van der Waals surface area contributed by atoms with Gasteiger partial charge in [-0.05, 0) is 86.6 Å². The second-order valence-corrected chi connectivity index (χ2v) is 13.8. The molecule has 39 heavy (non-hydrogen) atoms. The van der Waals surface area contributed by atoms with Crippen molar-refractivity contribution in [1.82, 2.24) is 4.31 Å². The molecule has 0 spiro atoms. The highest BCUT2D eigenvalue weighted by Crippen LogP contribution is 2.24. The Morgan fingerprint density at radius 3 is 2.38 bits per heavy atom. The van der Waals surface area contributed by atoms with Crippen LogP contribution in [-0.2, 0) is 31.3 Å². The first kappa shape index (κ1) is 28.8. The highest BCUT2D eigenvalue weighted by Gasteiger charge is 2.32. The van der Waals surface area contributed by atoms with Gasteiger partial charge in [0.2, 0.25) is 15.9 Å². The maximum atomic E-state index is 13.0. The summed E-state index contributed by atoms with van der Waals surface area (Å²) in [5.41, 5.74) is 3.83. The molecule has 1 aliphatic rings. The van der Waals surface area contributed by atoms with Gasteiger partial charge in [-0.15, -0.1) is 0 Å². The highest BCUT2D eigenvalue weighted by atomic mass is 32.2. The molecule has 208 valence electrons. The van der Waals surface area contributed by atoms with Crippen molar-refractivity contribution in [1.29, 1.82) is 0 Å². The zero-order valence-electron chi connectivity index (χ0n) is 22.3. The van der Waals surface area contributed by atoms with Crippen LogP contribution in [0.2, 0.25) is 0 Å². The Kier molecular flexibility index (Phi) is 9.09. The summed E-state index contributed by atoms with van der Waals surface area (Å²) in [4.78, 5) is 13.0. The molecule has 0 unspecified atom stereocenters. The van der Waals surface area contributed by atoms with Crippen LogP contribution in [0.25, 0.3) is 0 Å². The van der Waals surface area contributed by atoms with Gasteiger partial charge in [0.1, 0.15) is 0 Å². The van der Waals surface area contributed by atoms with Crippen LogP contribution in [0.4, 0.5) is 11.4 Å². The molecule has 3 aromatic carbocycles. The quantitative estimate of drug-likeness (QED) is 0.367. The molecule has 1 saturated heterocycles. The van der Waals surface area contributed by atoms with Gasteiger partial charge < -0.3 is 5.32 Å². The van der Waals surface area contributed by atoms with Crippen LogP contribution in [0.3, 0.4) is 0 Å². The molecule has 4 rings (SSSR count). The minimum Gasteiger partial charge on any atom is -0.326 e. The maximum absolute atomic E-state index is 13.0. The van der Waals surface area contributed by atoms with E-state index in [2.05, 4.69) is 10.0 Å². The van der Waals surface area contributed by atoms with Crippen LogP contribution in [0, 0.1) is 19.8 Å². The summed E-state index contributed by atoms with van der Waals surface area (Å²) in [6.45, 7) is 4.28. The number of piperidine rings is 1. The van der Waals surface area contributed by atoms with Crippen LogP contribution in [0.1, 0.15) is 36.0 Å². The molecule has 8 nitrogen and oxygen atoms in total. The molecule has 1 amide bonds. The average Bonchev–Trinajstić information content (AvgIpc) is 2.91. The zero-order chi connectivity index (χ0) is 28.0. The number of benzene rings is 3. The first-order chi connectivity index (χ1) is 18.5. The van der Waals surface area contributed by atoms with Gasteiger partial charge in [0.05, 0.1) is 22.3 Å². The Morgan fingerprint density at radius 1 is 0.949 bits per heavy atom. The summed E-state index contributed by atoms with van der Waals surface area (Å²) in [7, 11) is -7.27. The number of hydrogen-bond donors (Lipinski definition) is 2. The number of hydrogen-bond acceptors (Lipinski definition) is 5. The topological polar surface area (TPSA) is 113 Å². The lowest BCUT2D eigenvalue weighted by Crippen LogP contribution is -2.44. The van der Waals surface area contributed by atoms with Gasteiger partial charge in [0.15, 0.2) is 0 Å². The highest BCUT2D eigenvalue weighted by molar-refractivity contribution is 7.92. The number of amides is 1. The monoisotopic (exact) mass is 569 g/mol. The molecule has 0 aromatic heterocycles. The van der Waals surface area contributed by atoms with E-state index in [9.17, 15) is 21.6 Å². The van der Waals surface area contributed by atoms with Crippen molar-refractivity contribution in [3.05, 3.63) is 89.5 Å². The fourth-order valence-electron chi connectivity index (χ4n) is 4.65. The third-order valence-electron chi connectivity index (χ3n) is 6.93. The molecule has 0 saturated carbocycles. The van der Waals surface area contributed by atoms with Gasteiger partial charge in [0.25, 0.3) is 10.0 Å². The normalized spacial score (nSPS) is 16.5. The smallest absolute Gasteiger partial charge is 0.261 e. The van der Waals surface area contributed by atoms with E-state index >= 15 is 0 Å². The van der Waals surface area contributed by atoms with Gasteiger partial charge in [0, 0.05) is 18.8 Å². The number of anilines is 2. The third-order valence-corrected chi connectivity index (χ3v) is 10.2. The Labute approximate surface area is 231 Å². The number of carbonyl (C=O) groups excluding carboxylic acids is 1. The molecule has 1 heterocycles. The van der Waals surface area contributed by atoms with Crippen LogP contribution in [0.5, 0.6) is 0 Å². The molecule has 1 aliphatic heterocycles. The van der Waals surface area contributed by atoms with Crippen molar-refractivity contribution in [2.24, 2.45) is 5.92 Å². The molecular weight excluding hydrogens is 534 g/mol. The fourth-order valence-corrected chi connectivity index (χ4v) is 7.36. The Morgan fingerprint density at radius 2 is 1.67 bits per heavy atom. The van der Waals surface area contributed by atoms with E-state index in [4.69, 9.17) is 0 Å². The van der Waals surface area contributed by atoms with Crippen LogP contribution in [-0.4, -0.2) is 45.9 Å². The molecule has 10 heteroatoms. The molecule has 1 atom stereocenters. The minimum absolute atomic E-state index is 0.0439. The van der Waals surface area contributed by atoms with E-state index in [1.165, 1.54) is 28.6 Å². The maximum Gasteiger partial charge on any atom is 0.261 e. The Hall–Kier alpha value is -3.21. The van der Waals surface area contributed by atoms with Gasteiger partial charge >= 0.3 is 0 Å². The van der Waals surface area contributed by atoms with Crippen molar-refractivity contribution >= 4 is 37.3 Å². The van der Waals surface area contributed by atoms with Crippen LogP contribution >= 0.6 is 0 Å². The lowest BCUT2D eigenvalue weighted by Gasteiger charge is -2.31. The van der Waals surface area contributed by atoms with Crippen molar-refractivity contribution in [3.8, 4) is 0 Å². The van der Waals surface area contributed by atoms with Gasteiger partial charge in [-0.3, -0.25) is 9.52 Å². The van der Waals surface area contributed by atoms with Gasteiger partial charge in [-0.1, -0.05) is 42.5 Å². The lowest BCUT2D eigenvalue weighted by atomic mass is 9.99. The molecule has 2 N–H and O–H groups in total. The predicted octanol–water partition coefficient (Wildman–Crippen LogP) is 4.72. The minimum atomic E-state index is -3.80. The summed E-state index contributed by atoms with van der Waals surface area (Å²) >= 11 is 0. The second-order valence-electron chi connectivity index (χ2n) is 10.0. The van der Waals surface area contributed by atoms with E-state index < -0.39 is 26.0 Å². The Balaban J connectivity index is 1.33. The summed E-state index contributed by atoms with van der Waals surface area (Å²) in [6.07, 6.45) is 2.41. The van der Waals surface area contributed by atoms with E-state index in [-0.39, 0.29) is 23.1 Å². The molecule has 1 fully saturated rings. The number of rotatable bonds is 10. The molecule has 3 aromatic rings. The standard InChI is InChI=1S/C29H35N3O5S2/c1-22-12-13-23(2)28(20-22)31-39(36,37)27-16-14-26(15-17-27)30-29(33)25-11-6-18-32(21-25)38(34,35)19-7-10-24-8-4-3-5-9-24/h3-5,8-9,12-17,20,25,31H,6-7,10-11,18-19,21H2,1-2H3,(H,30,33)/t25-/m1/s1. The fraction of sp³-hybridized carbons (Fsp3) is 0.345. The largest absolute Gasteiger partial charge is 0.326 e. The summed E-state index contributed by atoms with van der Waals surface area (Å²) < 4.78 is 55.7. The van der Waals surface area contributed by atoms with Crippen LogP contribution < -0.4 is 10.0 Å². The molecule has 0 bridgehead atoms. The number of aryl methyl sites for hydroxylation is 3. The van der Waals surface area contributed by atoms with Gasteiger partial charge in [-0.2, -0.15) is 0 Å². The summed E-state index contributed by atoms with van der Waals surface area (Å²) in [5, 5.41) is 2.82. The summed E-state index contributed by atoms with van der Waals surface area (Å²) in [5.74, 6) is -0.706. The molecular formula is C29H35N3O5S2. The number of carbonyl (C=O) groups is 1. The lowest BCUT2D eigenvalue weighted by molar-refractivity contribution is -0.120. The van der Waals surface area contributed by atoms with E-state index in [0.717, 1.165) is 16.7 Å². The van der Waals surface area contributed by atoms with Crippen molar-refractivity contribution in [2.75, 3.05) is 28.9 Å². The second kappa shape index (κ2) is 12.3. The molecule has 0 aliphatic carbocycles. The van der Waals surface area contributed by atoms with E-state index in [0.29, 0.717) is 43.6 Å². The number of sulfonamides is 2. The van der Waals surface area contributed by atoms with Crippen molar-refractivity contribution in [2.45, 2.75) is 44.4 Å². The first-order valence-electron chi connectivity index (χ1n) is 13.1. The first-order valence-corrected chi connectivity index (χ1v) is 16.2. The Bertz CT molecular complexity index is 1510.